The van der Waals surface area contributed by atoms with Gasteiger partial charge in [0.15, 0.2) is 0 Å². The third kappa shape index (κ3) is 6.92. The molecule has 1 aliphatic heterocycles. The Morgan fingerprint density at radius 3 is 2.59 bits per heavy atom. The molecule has 178 valence electrons. The molecule has 3 N–H and O–H groups in total. The number of nitrogens with zero attached hydrogens (tertiary/aromatic N) is 1. The minimum absolute atomic E-state index is 0.235. The number of nitrogens with two attached hydrogens (primary N) is 1. The van der Waals surface area contributed by atoms with E-state index in [0.29, 0.717) is 30.2 Å². The smallest absolute Gasteiger partial charge is 0.270 e. The Kier molecular flexibility index (Phi) is 8.51. The lowest BCUT2D eigenvalue weighted by Crippen LogP contribution is -2.45. The van der Waals surface area contributed by atoms with Gasteiger partial charge in [-0.1, -0.05) is 33.3 Å². The summed E-state index contributed by atoms with van der Waals surface area (Å²) in [7, 11) is 0. The molecule has 1 aromatic heterocycles. The Morgan fingerprint density at radius 2 is 2.03 bits per heavy atom. The van der Waals surface area contributed by atoms with Crippen LogP contribution in [0.2, 0.25) is 0 Å². The number of unbranched alkanes of at least 4 members (excludes halogenated alkanes) is 1. The first-order chi connectivity index (χ1) is 15.3. The molecule has 7 heteroatoms. The molecule has 1 saturated carbocycles. The van der Waals surface area contributed by atoms with E-state index in [0.717, 1.165) is 44.5 Å². The van der Waals surface area contributed by atoms with Crippen molar-refractivity contribution in [3.8, 4) is 5.88 Å². The van der Waals surface area contributed by atoms with Crippen LogP contribution in [0.3, 0.4) is 0 Å². The number of primary amides is 1. The van der Waals surface area contributed by atoms with Gasteiger partial charge < -0.3 is 20.5 Å². The summed E-state index contributed by atoms with van der Waals surface area (Å²) in [6.45, 7) is 8.61. The molecule has 1 atom stereocenters. The predicted octanol–water partition coefficient (Wildman–Crippen LogP) is 3.64. The largest absolute Gasteiger partial charge is 0.477 e. The van der Waals surface area contributed by atoms with Gasteiger partial charge in [-0.15, -0.1) is 0 Å². The first-order valence-corrected chi connectivity index (χ1v) is 12.1. The predicted molar refractivity (Wildman–Crippen MR) is 123 cm³/mol. The van der Waals surface area contributed by atoms with Gasteiger partial charge in [0.05, 0.1) is 19.8 Å². The first kappa shape index (κ1) is 24.5. The monoisotopic (exact) mass is 445 g/mol. The molecule has 7 nitrogen and oxygen atoms in total. The second-order valence-electron chi connectivity index (χ2n) is 10.0. The Hall–Kier alpha value is -2.15. The van der Waals surface area contributed by atoms with E-state index in [1.54, 1.807) is 6.07 Å². The number of nitrogens with one attached hydrogen (secondary N) is 1. The van der Waals surface area contributed by atoms with Crippen LogP contribution in [0, 0.1) is 17.3 Å². The van der Waals surface area contributed by atoms with Gasteiger partial charge >= 0.3 is 0 Å². The first-order valence-electron chi connectivity index (χ1n) is 12.1. The summed E-state index contributed by atoms with van der Waals surface area (Å²) in [6, 6.07) is 2.95. The van der Waals surface area contributed by atoms with Gasteiger partial charge in [-0.25, -0.2) is 4.98 Å². The summed E-state index contributed by atoms with van der Waals surface area (Å²) >= 11 is 0. The second-order valence-corrected chi connectivity index (χ2v) is 10.0. The number of rotatable bonds is 14. The zero-order valence-corrected chi connectivity index (χ0v) is 19.8. The normalized spacial score (nSPS) is 18.1. The summed E-state index contributed by atoms with van der Waals surface area (Å²) in [5, 5.41) is 2.73. The number of carbonyl (C=O) groups excluding carboxylic acids is 2. The van der Waals surface area contributed by atoms with E-state index in [4.69, 9.17) is 15.2 Å². The molecule has 1 saturated heterocycles. The molecule has 32 heavy (non-hydrogen) atoms. The lowest BCUT2D eigenvalue weighted by molar-refractivity contribution is -0.120. The lowest BCUT2D eigenvalue weighted by atomic mass is 9.78. The van der Waals surface area contributed by atoms with E-state index in [1.807, 2.05) is 19.9 Å². The van der Waals surface area contributed by atoms with Crippen molar-refractivity contribution >= 4 is 11.8 Å². The maximum atomic E-state index is 12.7. The maximum absolute atomic E-state index is 12.7. The summed E-state index contributed by atoms with van der Waals surface area (Å²) < 4.78 is 11.4. The highest BCUT2D eigenvalue weighted by Crippen LogP contribution is 2.37. The number of hydrogen-bond donors (Lipinski definition) is 2. The Morgan fingerprint density at radius 1 is 1.28 bits per heavy atom. The Labute approximate surface area is 191 Å². The van der Waals surface area contributed by atoms with E-state index in [1.165, 1.54) is 19.3 Å². The molecule has 2 heterocycles. The van der Waals surface area contributed by atoms with Crippen molar-refractivity contribution in [2.45, 2.75) is 78.2 Å². The van der Waals surface area contributed by atoms with Crippen molar-refractivity contribution < 1.29 is 19.1 Å². The van der Waals surface area contributed by atoms with Gasteiger partial charge in [-0.05, 0) is 62.8 Å². The van der Waals surface area contributed by atoms with Crippen LogP contribution in [0.15, 0.2) is 12.1 Å². The van der Waals surface area contributed by atoms with Crippen LogP contribution < -0.4 is 15.8 Å². The van der Waals surface area contributed by atoms with Gasteiger partial charge in [0, 0.05) is 11.0 Å². The van der Waals surface area contributed by atoms with Crippen molar-refractivity contribution in [3.63, 3.8) is 0 Å². The molecule has 0 aromatic carbocycles. The zero-order valence-electron chi connectivity index (χ0n) is 19.8. The number of aryl methyl sites for hydroxylation is 1. The van der Waals surface area contributed by atoms with Crippen LogP contribution in [0.25, 0.3) is 0 Å². The molecule has 2 aliphatic rings. The molecule has 0 bridgehead atoms. The molecular weight excluding hydrogens is 406 g/mol. The van der Waals surface area contributed by atoms with Gasteiger partial charge in [0.2, 0.25) is 11.8 Å². The summed E-state index contributed by atoms with van der Waals surface area (Å²) in [5.74, 6) is 0.443. The van der Waals surface area contributed by atoms with E-state index < -0.39 is 17.9 Å². The number of aromatic nitrogens is 1. The van der Waals surface area contributed by atoms with Gasteiger partial charge in [0.25, 0.3) is 5.91 Å². The standard InChI is InChI=1S/C25H39N3O4/c1-4-25(15-31-16-25)12-6-5-7-19-10-11-20(28-24(19)32-14-18-8-9-18)23(30)27-21(22(26)29)13-17(2)3/h10-11,17-18,21H,4-9,12-16H2,1-3H3,(H2,26,29)(H,27,30)/t21-/m0/s1. The van der Waals surface area contributed by atoms with Crippen molar-refractivity contribution in [3.05, 3.63) is 23.4 Å². The SMILES string of the molecule is CCC1(CCCCc2ccc(C(=O)N[C@@H](CC(C)C)C(N)=O)nc2OCC2CC2)COC1. The highest BCUT2D eigenvalue weighted by molar-refractivity contribution is 5.96. The number of ether oxygens (including phenoxy) is 2. The molecular formula is C25H39N3O4. The molecule has 3 rings (SSSR count). The number of amides is 2. The average Bonchev–Trinajstić information content (AvgIpc) is 3.55. The Balaban J connectivity index is 1.62. The zero-order chi connectivity index (χ0) is 23.1. The van der Waals surface area contributed by atoms with Gasteiger partial charge in [0.1, 0.15) is 11.7 Å². The summed E-state index contributed by atoms with van der Waals surface area (Å²) in [4.78, 5) is 29.0. The highest BCUT2D eigenvalue weighted by Gasteiger charge is 2.35. The quantitative estimate of drug-likeness (QED) is 0.426. The molecule has 1 aromatic rings. The van der Waals surface area contributed by atoms with E-state index in [9.17, 15) is 9.59 Å². The number of pyridine rings is 1. The second kappa shape index (κ2) is 11.1. The van der Waals surface area contributed by atoms with Crippen LogP contribution in [-0.2, 0) is 16.0 Å². The van der Waals surface area contributed by atoms with E-state index in [-0.39, 0.29) is 11.6 Å². The van der Waals surface area contributed by atoms with Crippen molar-refractivity contribution in [1.82, 2.24) is 10.3 Å². The molecule has 0 radical (unpaired) electrons. The molecule has 0 unspecified atom stereocenters. The molecule has 2 fully saturated rings. The third-order valence-corrected chi connectivity index (χ3v) is 6.65. The van der Waals surface area contributed by atoms with E-state index >= 15 is 0 Å². The molecule has 0 spiro atoms. The summed E-state index contributed by atoms with van der Waals surface area (Å²) in [6.07, 6.45) is 8.26. The summed E-state index contributed by atoms with van der Waals surface area (Å²) in [5.41, 5.74) is 7.13. The van der Waals surface area contributed by atoms with Crippen molar-refractivity contribution in [2.24, 2.45) is 23.0 Å². The fourth-order valence-electron chi connectivity index (χ4n) is 4.07. The van der Waals surface area contributed by atoms with Crippen LogP contribution in [0.1, 0.15) is 81.8 Å². The van der Waals surface area contributed by atoms with Crippen molar-refractivity contribution in [2.75, 3.05) is 19.8 Å². The minimum atomic E-state index is -0.707. The molecule has 1 aliphatic carbocycles. The number of hydrogen-bond acceptors (Lipinski definition) is 5. The number of carbonyl (C=O) groups is 2. The maximum Gasteiger partial charge on any atom is 0.270 e. The van der Waals surface area contributed by atoms with Crippen molar-refractivity contribution in [1.29, 1.82) is 0 Å². The van der Waals surface area contributed by atoms with Crippen LogP contribution in [0.4, 0.5) is 0 Å². The van der Waals surface area contributed by atoms with E-state index in [2.05, 4.69) is 17.2 Å². The lowest BCUT2D eigenvalue weighted by Gasteiger charge is -2.41. The van der Waals surface area contributed by atoms with Gasteiger partial charge in [-0.3, -0.25) is 9.59 Å². The average molecular weight is 446 g/mol. The van der Waals surface area contributed by atoms with Crippen LogP contribution in [0.5, 0.6) is 5.88 Å². The fraction of sp³-hybridized carbons (Fsp3) is 0.720. The van der Waals surface area contributed by atoms with Crippen LogP contribution >= 0.6 is 0 Å². The molecule has 2 amide bonds. The van der Waals surface area contributed by atoms with Gasteiger partial charge in [-0.2, -0.15) is 0 Å². The highest BCUT2D eigenvalue weighted by atomic mass is 16.5. The fourth-order valence-corrected chi connectivity index (χ4v) is 4.07. The third-order valence-electron chi connectivity index (χ3n) is 6.65. The Bertz CT molecular complexity index is 782. The minimum Gasteiger partial charge on any atom is -0.477 e. The topological polar surface area (TPSA) is 104 Å². The van der Waals surface area contributed by atoms with Crippen LogP contribution in [-0.4, -0.2) is 42.7 Å².